The summed E-state index contributed by atoms with van der Waals surface area (Å²) >= 11 is 11.4. The van der Waals surface area contributed by atoms with Crippen molar-refractivity contribution >= 4 is 38.9 Å². The summed E-state index contributed by atoms with van der Waals surface area (Å²) < 4.78 is 0.888. The zero-order valence-corrected chi connectivity index (χ0v) is 12.1. The Labute approximate surface area is 109 Å². The predicted octanol–water partition coefficient (Wildman–Crippen LogP) is 4.01. The topological polar surface area (TPSA) is 3.24 Å². The molecule has 1 atom stereocenters. The third kappa shape index (κ3) is 2.76. The number of nitrogens with zero attached hydrogens (tertiary/aromatic N) is 1. The van der Waals surface area contributed by atoms with Gasteiger partial charge in [-0.1, -0.05) is 41.4 Å². The van der Waals surface area contributed by atoms with Gasteiger partial charge in [0.15, 0.2) is 0 Å². The van der Waals surface area contributed by atoms with E-state index in [0.717, 1.165) is 24.0 Å². The average molecular weight is 309 g/mol. The first-order valence-electron chi connectivity index (χ1n) is 5.08. The maximum atomic E-state index is 5.92. The van der Waals surface area contributed by atoms with Gasteiger partial charge in [-0.2, -0.15) is 0 Å². The van der Waals surface area contributed by atoms with E-state index in [4.69, 9.17) is 11.6 Å². The summed E-state index contributed by atoms with van der Waals surface area (Å²) in [5.41, 5.74) is 0.376. The van der Waals surface area contributed by atoms with Crippen LogP contribution in [0.5, 0.6) is 0 Å². The Morgan fingerprint density at radius 2 is 2.33 bits per heavy atom. The van der Waals surface area contributed by atoms with Crippen LogP contribution in [-0.2, 0) is 6.54 Å². The summed E-state index contributed by atoms with van der Waals surface area (Å²) in [6.45, 7) is 7.94. The van der Waals surface area contributed by atoms with Gasteiger partial charge >= 0.3 is 0 Å². The molecule has 1 aliphatic rings. The molecule has 1 aliphatic heterocycles. The Kier molecular flexibility index (Phi) is 3.46. The number of hydrogen-bond acceptors (Lipinski definition) is 2. The minimum Gasteiger partial charge on any atom is -0.297 e. The molecule has 0 amide bonds. The van der Waals surface area contributed by atoms with E-state index in [9.17, 15) is 0 Å². The van der Waals surface area contributed by atoms with Crippen LogP contribution in [0.1, 0.15) is 18.7 Å². The van der Waals surface area contributed by atoms with Crippen molar-refractivity contribution in [3.05, 3.63) is 21.3 Å². The Morgan fingerprint density at radius 3 is 2.80 bits per heavy atom. The summed E-state index contributed by atoms with van der Waals surface area (Å²) in [5.74, 6) is 0. The second kappa shape index (κ2) is 4.36. The third-order valence-electron chi connectivity index (χ3n) is 2.91. The van der Waals surface area contributed by atoms with Crippen molar-refractivity contribution in [2.75, 3.05) is 13.1 Å². The van der Waals surface area contributed by atoms with Gasteiger partial charge < -0.3 is 0 Å². The van der Waals surface area contributed by atoms with Crippen molar-refractivity contribution in [1.82, 2.24) is 4.90 Å². The van der Waals surface area contributed by atoms with Gasteiger partial charge in [-0.15, -0.1) is 11.3 Å². The van der Waals surface area contributed by atoms with Gasteiger partial charge in [0.1, 0.15) is 0 Å². The van der Waals surface area contributed by atoms with E-state index in [1.165, 1.54) is 4.88 Å². The molecule has 1 aromatic rings. The molecule has 0 N–H and O–H groups in total. The molecule has 1 unspecified atom stereocenters. The first kappa shape index (κ1) is 11.9. The third-order valence-corrected chi connectivity index (χ3v) is 5.65. The van der Waals surface area contributed by atoms with Gasteiger partial charge in [0.05, 0.1) is 4.34 Å². The first-order valence-corrected chi connectivity index (χ1v) is 7.19. The van der Waals surface area contributed by atoms with Crippen molar-refractivity contribution in [3.8, 4) is 0 Å². The highest BCUT2D eigenvalue weighted by Gasteiger charge is 2.37. The van der Waals surface area contributed by atoms with E-state index in [1.807, 2.05) is 6.07 Å². The molecule has 1 aromatic heterocycles. The summed E-state index contributed by atoms with van der Waals surface area (Å²) in [5, 5.41) is 0. The minimum absolute atomic E-state index is 0.376. The molecule has 4 heteroatoms. The first-order chi connectivity index (χ1) is 6.97. The zero-order chi connectivity index (χ0) is 11.1. The molecule has 0 saturated carbocycles. The van der Waals surface area contributed by atoms with Crippen LogP contribution in [-0.4, -0.2) is 22.8 Å². The van der Waals surface area contributed by atoms with Crippen molar-refractivity contribution in [2.45, 2.75) is 25.2 Å². The summed E-state index contributed by atoms with van der Waals surface area (Å²) in [6.07, 6.45) is 0. The van der Waals surface area contributed by atoms with Crippen molar-refractivity contribution in [1.29, 1.82) is 0 Å². The van der Waals surface area contributed by atoms with Gasteiger partial charge in [-0.3, -0.25) is 4.90 Å². The molecule has 84 valence electrons. The van der Waals surface area contributed by atoms with Crippen LogP contribution in [0.25, 0.3) is 0 Å². The van der Waals surface area contributed by atoms with Crippen LogP contribution in [0, 0.1) is 5.41 Å². The second-order valence-electron chi connectivity index (χ2n) is 4.83. The van der Waals surface area contributed by atoms with E-state index >= 15 is 0 Å². The van der Waals surface area contributed by atoms with E-state index in [0.29, 0.717) is 10.2 Å². The lowest BCUT2D eigenvalue weighted by Gasteiger charge is -2.20. The molecule has 0 bridgehead atoms. The standard InChI is InChI=1S/C11H15BrClNS/c1-11(2)7-14(6-9(11)12)5-8-3-4-10(13)15-8/h3-4,9H,5-7H2,1-2H3. The number of likely N-dealkylation sites (tertiary alicyclic amines) is 1. The highest BCUT2D eigenvalue weighted by atomic mass is 79.9. The Balaban J connectivity index is 1.98. The Morgan fingerprint density at radius 1 is 1.60 bits per heavy atom. The Hall–Kier alpha value is 0.430. The summed E-state index contributed by atoms with van der Waals surface area (Å²) in [4.78, 5) is 4.44. The summed E-state index contributed by atoms with van der Waals surface area (Å²) in [7, 11) is 0. The van der Waals surface area contributed by atoms with Gasteiger partial charge in [0, 0.05) is 29.3 Å². The number of hydrogen-bond donors (Lipinski definition) is 0. The monoisotopic (exact) mass is 307 g/mol. The largest absolute Gasteiger partial charge is 0.297 e. The molecular weight excluding hydrogens is 294 g/mol. The molecular formula is C11H15BrClNS. The maximum absolute atomic E-state index is 5.92. The van der Waals surface area contributed by atoms with Crippen LogP contribution in [0.3, 0.4) is 0 Å². The number of halogens is 2. The zero-order valence-electron chi connectivity index (χ0n) is 8.96. The normalized spacial score (nSPS) is 26.0. The Bertz CT molecular complexity index is 350. The SMILES string of the molecule is CC1(C)CN(Cc2ccc(Cl)s2)CC1Br. The van der Waals surface area contributed by atoms with Crippen LogP contribution in [0.2, 0.25) is 4.34 Å². The lowest BCUT2D eigenvalue weighted by molar-refractivity contribution is 0.287. The number of thiophene rings is 1. The lowest BCUT2D eigenvalue weighted by atomic mass is 9.93. The van der Waals surface area contributed by atoms with Crippen molar-refractivity contribution < 1.29 is 0 Å². The quantitative estimate of drug-likeness (QED) is 0.746. The smallest absolute Gasteiger partial charge is 0.0931 e. The molecule has 15 heavy (non-hydrogen) atoms. The molecule has 1 fully saturated rings. The molecule has 0 aromatic carbocycles. The fourth-order valence-corrected chi connectivity index (χ4v) is 3.68. The second-order valence-corrected chi connectivity index (χ2v) is 7.74. The molecule has 2 heterocycles. The van der Waals surface area contributed by atoms with Crippen LogP contribution in [0.15, 0.2) is 12.1 Å². The van der Waals surface area contributed by atoms with Crippen LogP contribution < -0.4 is 0 Å². The molecule has 0 radical (unpaired) electrons. The van der Waals surface area contributed by atoms with Gasteiger partial charge in [0.25, 0.3) is 0 Å². The molecule has 0 spiro atoms. The van der Waals surface area contributed by atoms with E-state index in [2.05, 4.69) is 40.7 Å². The van der Waals surface area contributed by atoms with Gasteiger partial charge in [0.2, 0.25) is 0 Å². The fourth-order valence-electron chi connectivity index (χ4n) is 1.99. The van der Waals surface area contributed by atoms with E-state index in [-0.39, 0.29) is 0 Å². The van der Waals surface area contributed by atoms with Crippen molar-refractivity contribution in [2.24, 2.45) is 5.41 Å². The molecule has 0 aliphatic carbocycles. The fraction of sp³-hybridized carbons (Fsp3) is 0.636. The van der Waals surface area contributed by atoms with Crippen LogP contribution in [0.4, 0.5) is 0 Å². The van der Waals surface area contributed by atoms with Gasteiger partial charge in [-0.25, -0.2) is 0 Å². The summed E-state index contributed by atoms with van der Waals surface area (Å²) in [6, 6.07) is 4.11. The van der Waals surface area contributed by atoms with E-state index < -0.39 is 0 Å². The average Bonchev–Trinajstić information content (AvgIpc) is 2.59. The van der Waals surface area contributed by atoms with Gasteiger partial charge in [-0.05, 0) is 17.5 Å². The molecule has 2 rings (SSSR count). The van der Waals surface area contributed by atoms with Crippen molar-refractivity contribution in [3.63, 3.8) is 0 Å². The highest BCUT2D eigenvalue weighted by molar-refractivity contribution is 9.09. The number of alkyl halides is 1. The lowest BCUT2D eigenvalue weighted by Crippen LogP contribution is -2.23. The molecule has 1 saturated heterocycles. The van der Waals surface area contributed by atoms with E-state index in [1.54, 1.807) is 11.3 Å². The minimum atomic E-state index is 0.376. The number of rotatable bonds is 2. The predicted molar refractivity (Wildman–Crippen MR) is 71.1 cm³/mol. The highest BCUT2D eigenvalue weighted by Crippen LogP contribution is 2.36. The maximum Gasteiger partial charge on any atom is 0.0931 e. The molecule has 1 nitrogen and oxygen atoms in total. The van der Waals surface area contributed by atoms with Crippen LogP contribution >= 0.6 is 38.9 Å².